The van der Waals surface area contributed by atoms with Crippen molar-refractivity contribution in [3.8, 4) is 5.75 Å². The van der Waals surface area contributed by atoms with Crippen LogP contribution in [0.4, 0.5) is 24.5 Å². The van der Waals surface area contributed by atoms with Gasteiger partial charge in [-0.05, 0) is 37.3 Å². The van der Waals surface area contributed by atoms with Gasteiger partial charge in [-0.25, -0.2) is 0 Å². The second-order valence-electron chi connectivity index (χ2n) is 4.91. The van der Waals surface area contributed by atoms with Crippen molar-refractivity contribution in [2.45, 2.75) is 13.1 Å². The highest BCUT2D eigenvalue weighted by Gasteiger charge is 2.30. The van der Waals surface area contributed by atoms with E-state index >= 15 is 0 Å². The van der Waals surface area contributed by atoms with Crippen LogP contribution < -0.4 is 10.1 Å². The van der Waals surface area contributed by atoms with Crippen LogP contribution in [0.1, 0.15) is 22.8 Å². The molecule has 0 aliphatic heterocycles. The van der Waals surface area contributed by atoms with Gasteiger partial charge in [0.05, 0.1) is 17.1 Å². The van der Waals surface area contributed by atoms with Crippen LogP contribution in [0, 0.1) is 10.1 Å². The number of hydrogen-bond donors (Lipinski definition) is 1. The molecule has 2 aromatic carbocycles. The SMILES string of the molecule is CCOc1ccc(C(=O)Nc2cccc(C(F)(F)F)c2)cc1[N+](=O)[O-]. The quantitative estimate of drug-likeness (QED) is 0.642. The van der Waals surface area contributed by atoms with Crippen molar-refractivity contribution in [1.82, 2.24) is 0 Å². The number of nitrogens with zero attached hydrogens (tertiary/aromatic N) is 1. The number of carbonyl (C=O) groups excluding carboxylic acids is 1. The van der Waals surface area contributed by atoms with Crippen molar-refractivity contribution < 1.29 is 27.6 Å². The van der Waals surface area contributed by atoms with E-state index in [9.17, 15) is 28.1 Å². The molecule has 0 saturated heterocycles. The fraction of sp³-hybridized carbons (Fsp3) is 0.188. The van der Waals surface area contributed by atoms with Crippen molar-refractivity contribution in [2.75, 3.05) is 11.9 Å². The Morgan fingerprint density at radius 2 is 1.96 bits per heavy atom. The van der Waals surface area contributed by atoms with Crippen LogP contribution in [0.3, 0.4) is 0 Å². The molecule has 0 heterocycles. The first-order chi connectivity index (χ1) is 11.7. The number of rotatable bonds is 5. The number of alkyl halides is 3. The lowest BCUT2D eigenvalue weighted by atomic mass is 10.1. The molecule has 2 rings (SSSR count). The van der Waals surface area contributed by atoms with Gasteiger partial charge in [-0.1, -0.05) is 6.07 Å². The minimum atomic E-state index is -4.54. The van der Waals surface area contributed by atoms with E-state index < -0.39 is 28.3 Å². The van der Waals surface area contributed by atoms with Gasteiger partial charge in [0, 0.05) is 17.3 Å². The molecule has 1 amide bonds. The smallest absolute Gasteiger partial charge is 0.416 e. The van der Waals surface area contributed by atoms with Gasteiger partial charge in [-0.15, -0.1) is 0 Å². The van der Waals surface area contributed by atoms with Crippen LogP contribution in [0.25, 0.3) is 0 Å². The molecular formula is C16H13F3N2O4. The zero-order valence-corrected chi connectivity index (χ0v) is 13.0. The Bertz CT molecular complexity index is 806. The number of nitro groups is 1. The van der Waals surface area contributed by atoms with Crippen LogP contribution in [-0.4, -0.2) is 17.4 Å². The highest BCUT2D eigenvalue weighted by Crippen LogP contribution is 2.31. The summed E-state index contributed by atoms with van der Waals surface area (Å²) < 4.78 is 43.2. The van der Waals surface area contributed by atoms with E-state index in [4.69, 9.17) is 4.74 Å². The summed E-state index contributed by atoms with van der Waals surface area (Å²) in [5, 5.41) is 13.3. The summed E-state index contributed by atoms with van der Waals surface area (Å²) >= 11 is 0. The van der Waals surface area contributed by atoms with Gasteiger partial charge in [-0.3, -0.25) is 14.9 Å². The molecule has 132 valence electrons. The zero-order chi connectivity index (χ0) is 18.6. The lowest BCUT2D eigenvalue weighted by Gasteiger charge is -2.10. The molecule has 0 aromatic heterocycles. The van der Waals surface area contributed by atoms with Crippen molar-refractivity contribution >= 4 is 17.3 Å². The third-order valence-corrected chi connectivity index (χ3v) is 3.17. The van der Waals surface area contributed by atoms with E-state index in [1.807, 2.05) is 0 Å². The Morgan fingerprint density at radius 1 is 1.24 bits per heavy atom. The maximum Gasteiger partial charge on any atom is 0.416 e. The summed E-state index contributed by atoms with van der Waals surface area (Å²) in [6.07, 6.45) is -4.54. The summed E-state index contributed by atoms with van der Waals surface area (Å²) in [5.74, 6) is -0.770. The molecular weight excluding hydrogens is 341 g/mol. The van der Waals surface area contributed by atoms with Gasteiger partial charge >= 0.3 is 11.9 Å². The summed E-state index contributed by atoms with van der Waals surface area (Å²) in [4.78, 5) is 22.5. The number of ether oxygens (including phenoxy) is 1. The molecule has 2 aromatic rings. The minimum absolute atomic E-state index is 0.00289. The standard InChI is InChI=1S/C16H13F3N2O4/c1-2-25-14-7-6-10(8-13(14)21(23)24)15(22)20-12-5-3-4-11(9-12)16(17,18)19/h3-9H,2H2,1H3,(H,20,22). The third-order valence-electron chi connectivity index (χ3n) is 3.17. The molecule has 25 heavy (non-hydrogen) atoms. The monoisotopic (exact) mass is 354 g/mol. The van der Waals surface area contributed by atoms with Crippen molar-refractivity contribution in [3.05, 3.63) is 63.7 Å². The van der Waals surface area contributed by atoms with Crippen molar-refractivity contribution in [2.24, 2.45) is 0 Å². The largest absolute Gasteiger partial charge is 0.487 e. The molecule has 9 heteroatoms. The Hall–Kier alpha value is -3.10. The van der Waals surface area contributed by atoms with Crippen molar-refractivity contribution in [1.29, 1.82) is 0 Å². The zero-order valence-electron chi connectivity index (χ0n) is 13.0. The molecule has 0 unspecified atom stereocenters. The summed E-state index contributed by atoms with van der Waals surface area (Å²) in [7, 11) is 0. The van der Waals surface area contributed by atoms with Crippen LogP contribution >= 0.6 is 0 Å². The number of amides is 1. The maximum atomic E-state index is 12.7. The molecule has 0 saturated carbocycles. The number of anilines is 1. The number of nitro benzene ring substituents is 1. The van der Waals surface area contributed by atoms with E-state index in [1.165, 1.54) is 18.2 Å². The fourth-order valence-electron chi connectivity index (χ4n) is 2.06. The predicted octanol–water partition coefficient (Wildman–Crippen LogP) is 4.26. The summed E-state index contributed by atoms with van der Waals surface area (Å²) in [5.41, 5.74) is -1.47. The van der Waals surface area contributed by atoms with Gasteiger partial charge in [0.15, 0.2) is 5.75 Å². The highest BCUT2D eigenvalue weighted by atomic mass is 19.4. The fourth-order valence-corrected chi connectivity index (χ4v) is 2.06. The van der Waals surface area contributed by atoms with Gasteiger partial charge in [0.2, 0.25) is 0 Å². The molecule has 0 radical (unpaired) electrons. The highest BCUT2D eigenvalue weighted by molar-refractivity contribution is 6.04. The number of halogens is 3. The van der Waals surface area contributed by atoms with E-state index in [-0.39, 0.29) is 23.6 Å². The first kappa shape index (κ1) is 18.2. The number of benzene rings is 2. The molecule has 0 fully saturated rings. The van der Waals surface area contributed by atoms with Gasteiger partial charge < -0.3 is 10.1 Å². The average Bonchev–Trinajstić information content (AvgIpc) is 2.54. The summed E-state index contributed by atoms with van der Waals surface area (Å²) in [6.45, 7) is 1.86. The Morgan fingerprint density at radius 3 is 2.56 bits per heavy atom. The van der Waals surface area contributed by atoms with Crippen LogP contribution in [0.2, 0.25) is 0 Å². The van der Waals surface area contributed by atoms with E-state index in [2.05, 4.69) is 5.32 Å². The molecule has 0 bridgehead atoms. The maximum absolute atomic E-state index is 12.7. The van der Waals surface area contributed by atoms with E-state index in [0.717, 1.165) is 24.3 Å². The second-order valence-corrected chi connectivity index (χ2v) is 4.91. The topological polar surface area (TPSA) is 81.5 Å². The average molecular weight is 354 g/mol. The Kier molecular flexibility index (Phi) is 5.26. The van der Waals surface area contributed by atoms with Crippen LogP contribution in [0.15, 0.2) is 42.5 Å². The molecule has 6 nitrogen and oxygen atoms in total. The lowest BCUT2D eigenvalue weighted by molar-refractivity contribution is -0.385. The van der Waals surface area contributed by atoms with Crippen LogP contribution in [-0.2, 0) is 6.18 Å². The molecule has 0 aliphatic rings. The van der Waals surface area contributed by atoms with E-state index in [1.54, 1.807) is 6.92 Å². The lowest BCUT2D eigenvalue weighted by Crippen LogP contribution is -2.13. The Labute approximate surface area is 140 Å². The molecule has 1 N–H and O–H groups in total. The third kappa shape index (κ3) is 4.46. The van der Waals surface area contributed by atoms with Crippen molar-refractivity contribution in [3.63, 3.8) is 0 Å². The van der Waals surface area contributed by atoms with Gasteiger partial charge in [0.1, 0.15) is 0 Å². The first-order valence-corrected chi connectivity index (χ1v) is 7.12. The summed E-state index contributed by atoms with van der Waals surface area (Å²) in [6, 6.07) is 7.66. The molecule has 0 atom stereocenters. The number of hydrogen-bond acceptors (Lipinski definition) is 4. The number of carbonyl (C=O) groups is 1. The minimum Gasteiger partial charge on any atom is -0.487 e. The normalized spacial score (nSPS) is 11.0. The van der Waals surface area contributed by atoms with Gasteiger partial charge in [-0.2, -0.15) is 13.2 Å². The first-order valence-electron chi connectivity index (χ1n) is 7.12. The molecule has 0 spiro atoms. The molecule has 0 aliphatic carbocycles. The van der Waals surface area contributed by atoms with Gasteiger partial charge in [0.25, 0.3) is 5.91 Å². The van der Waals surface area contributed by atoms with E-state index in [0.29, 0.717) is 0 Å². The van der Waals surface area contributed by atoms with Crippen LogP contribution in [0.5, 0.6) is 5.75 Å². The number of nitrogens with one attached hydrogen (secondary N) is 1. The Balaban J connectivity index is 2.27. The predicted molar refractivity (Wildman–Crippen MR) is 83.7 cm³/mol. The second kappa shape index (κ2) is 7.20.